The number of aromatic nitrogens is 3. The molecule has 3 heterocycles. The minimum absolute atomic E-state index is 0.127. The molecule has 0 bridgehead atoms. The Morgan fingerprint density at radius 3 is 2.40 bits per heavy atom. The zero-order valence-corrected chi connectivity index (χ0v) is 23.8. The van der Waals surface area contributed by atoms with Crippen molar-refractivity contribution in [3.8, 4) is 22.6 Å². The van der Waals surface area contributed by atoms with E-state index in [1.807, 2.05) is 36.2 Å². The first-order valence-corrected chi connectivity index (χ1v) is 14.0. The maximum atomic E-state index is 13.1. The van der Waals surface area contributed by atoms with Crippen molar-refractivity contribution in [3.63, 3.8) is 0 Å². The number of rotatable bonds is 10. The first-order valence-electron chi connectivity index (χ1n) is 14.0. The van der Waals surface area contributed by atoms with Crippen molar-refractivity contribution in [2.24, 2.45) is 0 Å². The molecule has 2 amide bonds. The first kappa shape index (κ1) is 28.5. The number of carbonyl (C=O) groups excluding carboxylic acids is 2. The quantitative estimate of drug-likeness (QED) is 0.299. The summed E-state index contributed by atoms with van der Waals surface area (Å²) in [6.45, 7) is 5.01. The van der Waals surface area contributed by atoms with Gasteiger partial charge in [-0.1, -0.05) is 24.3 Å². The first-order chi connectivity index (χ1) is 20.5. The molecule has 2 aromatic carbocycles. The van der Waals surface area contributed by atoms with Gasteiger partial charge in [-0.25, -0.2) is 0 Å². The molecular formula is C32H34N6O4. The molecule has 1 aliphatic rings. The number of ether oxygens (including phenoxy) is 2. The number of benzene rings is 2. The maximum absolute atomic E-state index is 13.1. The number of nitrogens with one attached hydrogen (secondary N) is 1. The Labute approximate surface area is 245 Å². The second-order valence-electron chi connectivity index (χ2n) is 9.83. The lowest BCUT2D eigenvalue weighted by atomic mass is 9.97. The van der Waals surface area contributed by atoms with Gasteiger partial charge in [0.15, 0.2) is 11.5 Å². The van der Waals surface area contributed by atoms with Crippen molar-refractivity contribution < 1.29 is 19.1 Å². The van der Waals surface area contributed by atoms with Gasteiger partial charge in [0.1, 0.15) is 11.5 Å². The molecule has 1 N–H and O–H groups in total. The van der Waals surface area contributed by atoms with Gasteiger partial charge in [-0.3, -0.25) is 14.6 Å². The summed E-state index contributed by atoms with van der Waals surface area (Å²) < 4.78 is 10.8. The van der Waals surface area contributed by atoms with E-state index in [1.165, 1.54) is 0 Å². The lowest BCUT2D eigenvalue weighted by Crippen LogP contribution is -2.49. The van der Waals surface area contributed by atoms with Crippen molar-refractivity contribution in [1.29, 1.82) is 0 Å². The number of amides is 2. The molecule has 0 atom stereocenters. The summed E-state index contributed by atoms with van der Waals surface area (Å²) in [6.07, 6.45) is 4.59. The molecule has 5 rings (SSSR count). The zero-order valence-electron chi connectivity index (χ0n) is 23.8. The van der Waals surface area contributed by atoms with E-state index in [1.54, 1.807) is 49.7 Å². The average molecular weight is 567 g/mol. The highest BCUT2D eigenvalue weighted by atomic mass is 16.5. The summed E-state index contributed by atoms with van der Waals surface area (Å²) in [5.41, 5.74) is 4.01. The molecule has 1 saturated heterocycles. The third kappa shape index (κ3) is 7.01. The predicted octanol–water partition coefficient (Wildman–Crippen LogP) is 4.48. The highest BCUT2D eigenvalue weighted by molar-refractivity contribution is 6.02. The van der Waals surface area contributed by atoms with Crippen LogP contribution >= 0.6 is 0 Å². The van der Waals surface area contributed by atoms with Crippen LogP contribution in [0.2, 0.25) is 0 Å². The van der Waals surface area contributed by atoms with Crippen molar-refractivity contribution in [3.05, 3.63) is 90.4 Å². The number of pyridine rings is 1. The van der Waals surface area contributed by atoms with Crippen LogP contribution in [0, 0.1) is 0 Å². The number of piperazine rings is 1. The highest BCUT2D eigenvalue weighted by Crippen LogP contribution is 2.27. The van der Waals surface area contributed by atoms with Gasteiger partial charge < -0.3 is 24.6 Å². The molecule has 42 heavy (non-hydrogen) atoms. The number of anilines is 2. The van der Waals surface area contributed by atoms with Crippen molar-refractivity contribution >= 4 is 23.3 Å². The Morgan fingerprint density at radius 1 is 0.905 bits per heavy atom. The molecule has 10 heteroatoms. The number of carbonyl (C=O) groups is 2. The average Bonchev–Trinajstić information content (AvgIpc) is 3.04. The van der Waals surface area contributed by atoms with Gasteiger partial charge in [0, 0.05) is 50.0 Å². The fourth-order valence-corrected chi connectivity index (χ4v) is 4.90. The summed E-state index contributed by atoms with van der Waals surface area (Å²) in [6, 6.07) is 20.6. The number of aryl methyl sites for hydroxylation is 1. The Kier molecular flexibility index (Phi) is 9.23. The van der Waals surface area contributed by atoms with Crippen LogP contribution in [-0.2, 0) is 11.2 Å². The van der Waals surface area contributed by atoms with Crippen molar-refractivity contribution in [1.82, 2.24) is 20.1 Å². The SMILES string of the molecule is CCOc1cncc(-c2ccccc2CCC(=O)N2CCN(c3ccc(C(=O)Nc4ccc(OC)cc4)nn3)CC2)c1. The van der Waals surface area contributed by atoms with E-state index in [0.29, 0.717) is 62.9 Å². The van der Waals surface area contributed by atoms with Crippen LogP contribution in [0.15, 0.2) is 79.1 Å². The van der Waals surface area contributed by atoms with Gasteiger partial charge in [0.2, 0.25) is 5.91 Å². The number of methoxy groups -OCH3 is 1. The molecule has 0 aliphatic carbocycles. The van der Waals surface area contributed by atoms with Crippen molar-refractivity contribution in [2.45, 2.75) is 19.8 Å². The second-order valence-corrected chi connectivity index (χ2v) is 9.83. The largest absolute Gasteiger partial charge is 0.497 e. The molecule has 1 aliphatic heterocycles. The molecular weight excluding hydrogens is 532 g/mol. The van der Waals surface area contributed by atoms with Gasteiger partial charge in [-0.2, -0.15) is 0 Å². The van der Waals surface area contributed by atoms with Gasteiger partial charge >= 0.3 is 0 Å². The predicted molar refractivity (Wildman–Crippen MR) is 161 cm³/mol. The van der Waals surface area contributed by atoms with E-state index in [4.69, 9.17) is 9.47 Å². The van der Waals surface area contributed by atoms with E-state index < -0.39 is 0 Å². The summed E-state index contributed by atoms with van der Waals surface area (Å²) in [4.78, 5) is 34.0. The second kappa shape index (κ2) is 13.6. The van der Waals surface area contributed by atoms with Gasteiger partial charge in [-0.05, 0) is 66.9 Å². The van der Waals surface area contributed by atoms with Crippen LogP contribution in [0.3, 0.4) is 0 Å². The van der Waals surface area contributed by atoms with Crippen LogP contribution in [0.25, 0.3) is 11.1 Å². The van der Waals surface area contributed by atoms with E-state index in [9.17, 15) is 9.59 Å². The van der Waals surface area contributed by atoms with E-state index in [0.717, 1.165) is 22.4 Å². The Balaban J connectivity index is 1.12. The fourth-order valence-electron chi connectivity index (χ4n) is 4.90. The summed E-state index contributed by atoms with van der Waals surface area (Å²) in [7, 11) is 1.59. The zero-order chi connectivity index (χ0) is 29.3. The topological polar surface area (TPSA) is 110 Å². The minimum Gasteiger partial charge on any atom is -0.497 e. The number of nitrogens with zero attached hydrogens (tertiary/aromatic N) is 5. The van der Waals surface area contributed by atoms with Gasteiger partial charge in [0.25, 0.3) is 5.91 Å². The smallest absolute Gasteiger partial charge is 0.276 e. The molecule has 4 aromatic rings. The summed E-state index contributed by atoms with van der Waals surface area (Å²) >= 11 is 0. The standard InChI is InChI=1S/C32H34N6O4/c1-3-42-27-20-24(21-33-22-27)28-7-5-4-6-23(28)8-15-31(39)38-18-16-37(17-19-38)30-14-13-29(35-36-30)32(40)34-25-9-11-26(41-2)12-10-25/h4-7,9-14,20-22H,3,8,15-19H2,1-2H3,(H,34,40). The molecule has 0 radical (unpaired) electrons. The molecule has 0 spiro atoms. The minimum atomic E-state index is -0.338. The molecule has 1 fully saturated rings. The third-order valence-corrected chi connectivity index (χ3v) is 7.15. The van der Waals surface area contributed by atoms with E-state index in [2.05, 4.69) is 37.5 Å². The third-order valence-electron chi connectivity index (χ3n) is 7.15. The monoisotopic (exact) mass is 566 g/mol. The van der Waals surface area contributed by atoms with Crippen LogP contribution < -0.4 is 19.7 Å². The maximum Gasteiger partial charge on any atom is 0.276 e. The highest BCUT2D eigenvalue weighted by Gasteiger charge is 2.23. The molecule has 2 aromatic heterocycles. The Morgan fingerprint density at radius 2 is 1.69 bits per heavy atom. The normalized spacial score (nSPS) is 13.0. The number of hydrogen-bond donors (Lipinski definition) is 1. The van der Waals surface area contributed by atoms with E-state index in [-0.39, 0.29) is 17.5 Å². The Bertz CT molecular complexity index is 1500. The van der Waals surface area contributed by atoms with Crippen LogP contribution in [0.5, 0.6) is 11.5 Å². The van der Waals surface area contributed by atoms with Crippen LogP contribution in [0.4, 0.5) is 11.5 Å². The lowest BCUT2D eigenvalue weighted by molar-refractivity contribution is -0.131. The van der Waals surface area contributed by atoms with Gasteiger partial charge in [-0.15, -0.1) is 10.2 Å². The molecule has 0 saturated carbocycles. The lowest BCUT2D eigenvalue weighted by Gasteiger charge is -2.35. The molecule has 10 nitrogen and oxygen atoms in total. The van der Waals surface area contributed by atoms with Gasteiger partial charge in [0.05, 0.1) is 19.9 Å². The van der Waals surface area contributed by atoms with Crippen LogP contribution in [0.1, 0.15) is 29.4 Å². The molecule has 216 valence electrons. The van der Waals surface area contributed by atoms with Crippen molar-refractivity contribution in [2.75, 3.05) is 50.1 Å². The Hall–Kier alpha value is -4.99. The van der Waals surface area contributed by atoms with E-state index >= 15 is 0 Å². The summed E-state index contributed by atoms with van der Waals surface area (Å²) in [5.74, 6) is 1.91. The summed E-state index contributed by atoms with van der Waals surface area (Å²) in [5, 5.41) is 11.2. The molecule has 0 unspecified atom stereocenters. The van der Waals surface area contributed by atoms with Crippen LogP contribution in [-0.4, -0.2) is 71.8 Å². The fraction of sp³-hybridized carbons (Fsp3) is 0.281. The number of hydrogen-bond acceptors (Lipinski definition) is 8.